The summed E-state index contributed by atoms with van der Waals surface area (Å²) in [4.78, 5) is 0.931. The summed E-state index contributed by atoms with van der Waals surface area (Å²) < 4.78 is 0. The van der Waals surface area contributed by atoms with Crippen molar-refractivity contribution in [1.29, 1.82) is 0 Å². The van der Waals surface area contributed by atoms with Gasteiger partial charge in [0.25, 0.3) is 5.95 Å². The number of rotatable bonds is 1. The molecule has 0 saturated heterocycles. The first-order valence-electron chi connectivity index (χ1n) is 1.84. The van der Waals surface area contributed by atoms with Crippen molar-refractivity contribution in [2.24, 2.45) is 5.84 Å². The van der Waals surface area contributed by atoms with Crippen LogP contribution in [0.25, 0.3) is 0 Å². The molecule has 52 valence electrons. The van der Waals surface area contributed by atoms with Crippen LogP contribution < -0.4 is 17.1 Å². The summed E-state index contributed by atoms with van der Waals surface area (Å²) in [5.74, 6) is 10.2. The summed E-state index contributed by atoms with van der Waals surface area (Å²) in [7, 11) is 0. The number of halogens is 1. The Balaban J connectivity index is 0.000000640. The molecule has 0 amide bonds. The van der Waals surface area contributed by atoms with E-state index >= 15 is 0 Å². The molecule has 0 unspecified atom stereocenters. The standard InChI is InChI=1S/CH5N7.ClH/c2-4-1-5-6-7-8(1)3;/h2-3H2,(H,4,5,7);1H. The lowest BCUT2D eigenvalue weighted by molar-refractivity contribution is 0.758. The molecule has 0 saturated carbocycles. The van der Waals surface area contributed by atoms with Crippen LogP contribution in [-0.2, 0) is 0 Å². The lowest BCUT2D eigenvalue weighted by Crippen LogP contribution is -2.18. The second kappa shape index (κ2) is 3.05. The molecule has 7 nitrogen and oxygen atoms in total. The van der Waals surface area contributed by atoms with E-state index in [-0.39, 0.29) is 18.4 Å². The number of anilines is 1. The Bertz CT molecular complexity index is 169. The van der Waals surface area contributed by atoms with Gasteiger partial charge in [-0.15, -0.1) is 17.2 Å². The Hall–Kier alpha value is -1.08. The highest BCUT2D eigenvalue weighted by Gasteiger charge is 1.94. The molecule has 1 aromatic heterocycles. The number of hydrazine groups is 1. The van der Waals surface area contributed by atoms with Crippen LogP contribution in [-0.4, -0.2) is 20.3 Å². The van der Waals surface area contributed by atoms with Gasteiger partial charge in [-0.05, 0) is 10.4 Å². The topological polar surface area (TPSA) is 108 Å². The Morgan fingerprint density at radius 1 is 1.56 bits per heavy atom. The van der Waals surface area contributed by atoms with Crippen molar-refractivity contribution in [2.75, 3.05) is 11.3 Å². The molecule has 0 bridgehead atoms. The van der Waals surface area contributed by atoms with Crippen LogP contribution in [0.4, 0.5) is 5.95 Å². The largest absolute Gasteiger partial charge is 0.318 e. The average Bonchev–Trinajstić information content (AvgIpc) is 2.14. The van der Waals surface area contributed by atoms with Crippen molar-refractivity contribution in [3.8, 4) is 0 Å². The van der Waals surface area contributed by atoms with Gasteiger partial charge in [-0.2, -0.15) is 0 Å². The van der Waals surface area contributed by atoms with Crippen LogP contribution >= 0.6 is 12.4 Å². The van der Waals surface area contributed by atoms with Gasteiger partial charge in [0.05, 0.1) is 0 Å². The van der Waals surface area contributed by atoms with Crippen molar-refractivity contribution >= 4 is 18.4 Å². The molecule has 0 radical (unpaired) electrons. The van der Waals surface area contributed by atoms with Gasteiger partial charge in [-0.25, -0.2) is 5.84 Å². The molecule has 1 aromatic rings. The van der Waals surface area contributed by atoms with E-state index in [1.807, 2.05) is 0 Å². The van der Waals surface area contributed by atoms with Gasteiger partial charge < -0.3 is 5.84 Å². The number of nitrogens with zero attached hydrogens (tertiary/aromatic N) is 4. The summed E-state index contributed by atoms with van der Waals surface area (Å²) in [5, 5.41) is 9.84. The zero-order valence-electron chi connectivity index (χ0n) is 4.35. The third-order valence-electron chi connectivity index (χ3n) is 0.622. The van der Waals surface area contributed by atoms with Crippen LogP contribution in [0.2, 0.25) is 0 Å². The normalized spacial score (nSPS) is 8.11. The highest BCUT2D eigenvalue weighted by molar-refractivity contribution is 5.85. The second-order valence-corrected chi connectivity index (χ2v) is 1.09. The number of nitrogen functional groups attached to an aromatic ring is 2. The monoisotopic (exact) mass is 151 g/mol. The highest BCUT2D eigenvalue weighted by Crippen LogP contribution is 1.85. The first kappa shape index (κ1) is 7.92. The quantitative estimate of drug-likeness (QED) is 0.320. The van der Waals surface area contributed by atoms with E-state index in [1.54, 1.807) is 0 Å². The van der Waals surface area contributed by atoms with Crippen molar-refractivity contribution in [1.82, 2.24) is 20.3 Å². The van der Waals surface area contributed by atoms with Gasteiger partial charge in [0.15, 0.2) is 0 Å². The molecule has 0 aliphatic carbocycles. The number of aromatic nitrogens is 4. The maximum atomic E-state index is 5.09. The number of hydrogen-bond donors (Lipinski definition) is 3. The molecule has 0 spiro atoms. The van der Waals surface area contributed by atoms with Gasteiger partial charge in [-0.3, -0.25) is 5.43 Å². The fourth-order valence-electron chi connectivity index (χ4n) is 0.289. The molecule has 1 heterocycles. The maximum Gasteiger partial charge on any atom is 0.276 e. The zero-order valence-corrected chi connectivity index (χ0v) is 5.17. The molecule has 8 heteroatoms. The van der Waals surface area contributed by atoms with Crippen LogP contribution in [0.1, 0.15) is 0 Å². The highest BCUT2D eigenvalue weighted by atomic mass is 35.5. The van der Waals surface area contributed by atoms with Gasteiger partial charge in [0, 0.05) is 0 Å². The van der Waals surface area contributed by atoms with Crippen molar-refractivity contribution < 1.29 is 0 Å². The van der Waals surface area contributed by atoms with Gasteiger partial charge >= 0.3 is 0 Å². The van der Waals surface area contributed by atoms with Crippen LogP contribution in [0.15, 0.2) is 0 Å². The molecule has 0 atom stereocenters. The minimum Gasteiger partial charge on any atom is -0.318 e. The average molecular weight is 152 g/mol. The minimum absolute atomic E-state index is 0. The van der Waals surface area contributed by atoms with E-state index in [4.69, 9.17) is 11.7 Å². The third-order valence-corrected chi connectivity index (χ3v) is 0.622. The third kappa shape index (κ3) is 1.40. The predicted octanol–water partition coefficient (Wildman–Crippen LogP) is -1.91. The van der Waals surface area contributed by atoms with Crippen LogP contribution in [0, 0.1) is 0 Å². The van der Waals surface area contributed by atoms with Gasteiger partial charge in [0.1, 0.15) is 0 Å². The fraction of sp³-hybridized carbons (Fsp3) is 0. The van der Waals surface area contributed by atoms with E-state index in [1.165, 1.54) is 0 Å². The lowest BCUT2D eigenvalue weighted by Gasteiger charge is -1.91. The molecule has 0 aliphatic heterocycles. The van der Waals surface area contributed by atoms with E-state index in [9.17, 15) is 0 Å². The van der Waals surface area contributed by atoms with E-state index in [2.05, 4.69) is 21.0 Å². The van der Waals surface area contributed by atoms with Crippen LogP contribution in [0.3, 0.4) is 0 Å². The van der Waals surface area contributed by atoms with Gasteiger partial charge in [0.2, 0.25) is 0 Å². The van der Waals surface area contributed by atoms with Crippen molar-refractivity contribution in [2.45, 2.75) is 0 Å². The molecule has 1 rings (SSSR count). The molecule has 5 N–H and O–H groups in total. The molecule has 0 aromatic carbocycles. The predicted molar refractivity (Wildman–Crippen MR) is 33.0 cm³/mol. The summed E-state index contributed by atoms with van der Waals surface area (Å²) in [6, 6.07) is 0. The Labute approximate surface area is 56.7 Å². The molecular weight excluding hydrogens is 146 g/mol. The van der Waals surface area contributed by atoms with E-state index < -0.39 is 0 Å². The summed E-state index contributed by atoms with van der Waals surface area (Å²) in [6.45, 7) is 0. The SMILES string of the molecule is Cl.NNc1nnnn1N. The van der Waals surface area contributed by atoms with Crippen LogP contribution in [0.5, 0.6) is 0 Å². The van der Waals surface area contributed by atoms with Crippen molar-refractivity contribution in [3.63, 3.8) is 0 Å². The first-order chi connectivity index (χ1) is 3.84. The summed E-state index contributed by atoms with van der Waals surface area (Å²) in [6.07, 6.45) is 0. The Morgan fingerprint density at radius 2 is 2.22 bits per heavy atom. The fourth-order valence-corrected chi connectivity index (χ4v) is 0.289. The first-order valence-corrected chi connectivity index (χ1v) is 1.84. The van der Waals surface area contributed by atoms with E-state index in [0.29, 0.717) is 0 Å². The smallest absolute Gasteiger partial charge is 0.276 e. The second-order valence-electron chi connectivity index (χ2n) is 1.09. The summed E-state index contributed by atoms with van der Waals surface area (Å²) in [5.41, 5.74) is 2.18. The zero-order chi connectivity index (χ0) is 5.98. The Morgan fingerprint density at radius 3 is 2.44 bits per heavy atom. The number of nitrogens with one attached hydrogen (secondary N) is 1. The number of tetrazole rings is 1. The molecule has 0 aliphatic rings. The maximum absolute atomic E-state index is 5.09. The summed E-state index contributed by atoms with van der Waals surface area (Å²) >= 11 is 0. The molecule has 0 fully saturated rings. The Kier molecular flexibility index (Phi) is 2.68. The minimum atomic E-state index is 0. The van der Waals surface area contributed by atoms with Gasteiger partial charge in [-0.1, -0.05) is 5.10 Å². The van der Waals surface area contributed by atoms with Crippen molar-refractivity contribution in [3.05, 3.63) is 0 Å². The molecular formula is CH6ClN7. The van der Waals surface area contributed by atoms with E-state index in [0.717, 1.165) is 4.79 Å². The lowest BCUT2D eigenvalue weighted by atomic mass is 11.1. The number of hydrogen-bond acceptors (Lipinski definition) is 6. The molecule has 9 heavy (non-hydrogen) atoms. The number of nitrogens with two attached hydrogens (primary N) is 2.